The predicted octanol–water partition coefficient (Wildman–Crippen LogP) is 0.454. The zero-order chi connectivity index (χ0) is 15.3. The molecule has 1 fully saturated rings. The summed E-state index contributed by atoms with van der Waals surface area (Å²) in [7, 11) is -3.44. The van der Waals surface area contributed by atoms with Gasteiger partial charge in [0.2, 0.25) is 0 Å². The highest BCUT2D eigenvalue weighted by Gasteiger charge is 2.28. The number of imidazole rings is 1. The van der Waals surface area contributed by atoms with Crippen LogP contribution in [0.15, 0.2) is 12.4 Å². The minimum absolute atomic E-state index is 0.195. The normalized spacial score (nSPS) is 21.0. The molecule has 1 aromatic rings. The molecule has 0 aromatic carbocycles. The first-order valence-corrected chi connectivity index (χ1v) is 8.88. The first-order chi connectivity index (χ1) is 9.97. The summed E-state index contributed by atoms with van der Waals surface area (Å²) < 4.78 is 28.8. The third kappa shape index (κ3) is 5.06. The molecule has 0 bridgehead atoms. The number of piperidine rings is 1. The van der Waals surface area contributed by atoms with Crippen LogP contribution in [-0.4, -0.2) is 48.4 Å². The van der Waals surface area contributed by atoms with Gasteiger partial charge in [-0.05, 0) is 25.3 Å². The lowest BCUT2D eigenvalue weighted by Gasteiger charge is -2.32. The van der Waals surface area contributed by atoms with E-state index in [-0.39, 0.29) is 6.54 Å². The van der Waals surface area contributed by atoms with Gasteiger partial charge < -0.3 is 10.3 Å². The van der Waals surface area contributed by atoms with Crippen molar-refractivity contribution in [3.63, 3.8) is 0 Å². The van der Waals surface area contributed by atoms with Crippen LogP contribution in [-0.2, 0) is 16.8 Å². The summed E-state index contributed by atoms with van der Waals surface area (Å²) in [5, 5.41) is 3.38. The second-order valence-electron chi connectivity index (χ2n) is 5.79. The molecule has 3 N–H and O–H groups in total. The maximum Gasteiger partial charge on any atom is 0.279 e. The van der Waals surface area contributed by atoms with Crippen molar-refractivity contribution >= 4 is 10.2 Å². The van der Waals surface area contributed by atoms with Gasteiger partial charge in [-0.25, -0.2) is 4.98 Å². The molecule has 0 aliphatic carbocycles. The molecular weight excluding hydrogens is 290 g/mol. The van der Waals surface area contributed by atoms with Crippen LogP contribution in [0.3, 0.4) is 0 Å². The fourth-order valence-corrected chi connectivity index (χ4v) is 3.74. The Kier molecular flexibility index (Phi) is 5.74. The monoisotopic (exact) mass is 315 g/mol. The van der Waals surface area contributed by atoms with Crippen molar-refractivity contribution in [2.45, 2.75) is 39.3 Å². The smallest absolute Gasteiger partial charge is 0.279 e. The van der Waals surface area contributed by atoms with Crippen LogP contribution in [0.5, 0.6) is 0 Å². The van der Waals surface area contributed by atoms with Crippen molar-refractivity contribution < 1.29 is 8.42 Å². The second kappa shape index (κ2) is 7.35. The van der Waals surface area contributed by atoms with E-state index in [9.17, 15) is 8.42 Å². The summed E-state index contributed by atoms with van der Waals surface area (Å²) in [5.74, 6) is 0.995. The highest BCUT2D eigenvalue weighted by molar-refractivity contribution is 7.87. The van der Waals surface area contributed by atoms with Crippen LogP contribution in [0.2, 0.25) is 0 Å². The molecule has 1 aromatic heterocycles. The Morgan fingerprint density at radius 2 is 2.33 bits per heavy atom. The lowest BCUT2D eigenvalue weighted by atomic mass is 9.99. The second-order valence-corrected chi connectivity index (χ2v) is 7.55. The van der Waals surface area contributed by atoms with E-state index in [2.05, 4.69) is 33.9 Å². The zero-order valence-electron chi connectivity index (χ0n) is 12.7. The lowest BCUT2D eigenvalue weighted by molar-refractivity contribution is 0.254. The number of aromatic amines is 1. The number of hydrogen-bond acceptors (Lipinski definition) is 4. The number of hydrogen-bond donors (Lipinski definition) is 3. The van der Waals surface area contributed by atoms with E-state index in [1.54, 1.807) is 16.7 Å². The summed E-state index contributed by atoms with van der Waals surface area (Å²) in [6, 6.07) is 0.425. The molecule has 0 radical (unpaired) electrons. The summed E-state index contributed by atoms with van der Waals surface area (Å²) >= 11 is 0. The van der Waals surface area contributed by atoms with Crippen LogP contribution in [0.4, 0.5) is 0 Å². The molecule has 0 saturated carbocycles. The number of rotatable bonds is 7. The largest absolute Gasteiger partial charge is 0.347 e. The molecule has 1 atom stereocenters. The molecule has 1 saturated heterocycles. The number of aromatic nitrogens is 2. The maximum atomic E-state index is 12.3. The van der Waals surface area contributed by atoms with Crippen LogP contribution in [0, 0.1) is 5.92 Å². The SMILES string of the molecule is CC(C)NCC1CCCN(S(=O)(=O)NCc2ncc[nH]2)C1. The van der Waals surface area contributed by atoms with E-state index >= 15 is 0 Å². The lowest BCUT2D eigenvalue weighted by Crippen LogP contribution is -2.47. The van der Waals surface area contributed by atoms with Gasteiger partial charge in [-0.2, -0.15) is 17.4 Å². The Hall–Kier alpha value is -0.960. The van der Waals surface area contributed by atoms with Crippen molar-refractivity contribution in [2.24, 2.45) is 5.92 Å². The molecule has 0 spiro atoms. The molecule has 8 heteroatoms. The fourth-order valence-electron chi connectivity index (χ4n) is 2.46. The summed E-state index contributed by atoms with van der Waals surface area (Å²) in [5.41, 5.74) is 0. The Morgan fingerprint density at radius 3 is 3.00 bits per heavy atom. The molecule has 1 aliphatic rings. The molecule has 0 amide bonds. The number of H-pyrrole nitrogens is 1. The molecule has 120 valence electrons. The van der Waals surface area contributed by atoms with Gasteiger partial charge >= 0.3 is 0 Å². The molecule has 2 rings (SSSR count). The Labute approximate surface area is 126 Å². The van der Waals surface area contributed by atoms with Gasteiger partial charge in [0.1, 0.15) is 5.82 Å². The van der Waals surface area contributed by atoms with Crippen molar-refractivity contribution in [1.82, 2.24) is 24.3 Å². The quantitative estimate of drug-likeness (QED) is 0.681. The van der Waals surface area contributed by atoms with E-state index in [1.807, 2.05) is 0 Å². The van der Waals surface area contributed by atoms with Crippen molar-refractivity contribution in [3.8, 4) is 0 Å². The average Bonchev–Trinajstić information content (AvgIpc) is 2.97. The zero-order valence-corrected chi connectivity index (χ0v) is 13.5. The van der Waals surface area contributed by atoms with Gasteiger partial charge in [-0.15, -0.1) is 0 Å². The average molecular weight is 315 g/mol. The summed E-state index contributed by atoms with van der Waals surface area (Å²) in [6.45, 7) is 6.42. The van der Waals surface area contributed by atoms with Crippen LogP contribution >= 0.6 is 0 Å². The molecular formula is C13H25N5O2S. The van der Waals surface area contributed by atoms with Crippen molar-refractivity contribution in [3.05, 3.63) is 18.2 Å². The van der Waals surface area contributed by atoms with E-state index in [0.717, 1.165) is 19.4 Å². The van der Waals surface area contributed by atoms with Gasteiger partial charge in [0, 0.05) is 31.5 Å². The van der Waals surface area contributed by atoms with E-state index < -0.39 is 10.2 Å². The molecule has 2 heterocycles. The van der Waals surface area contributed by atoms with Gasteiger partial charge in [0.25, 0.3) is 10.2 Å². The van der Waals surface area contributed by atoms with Crippen LogP contribution in [0.25, 0.3) is 0 Å². The number of nitrogens with zero attached hydrogens (tertiary/aromatic N) is 2. The number of nitrogens with one attached hydrogen (secondary N) is 3. The Balaban J connectivity index is 1.86. The van der Waals surface area contributed by atoms with E-state index in [1.165, 1.54) is 0 Å². The van der Waals surface area contributed by atoms with Gasteiger partial charge in [-0.3, -0.25) is 0 Å². The van der Waals surface area contributed by atoms with Gasteiger partial charge in [0.05, 0.1) is 6.54 Å². The predicted molar refractivity (Wildman–Crippen MR) is 81.8 cm³/mol. The third-order valence-corrected chi connectivity index (χ3v) is 5.13. The minimum atomic E-state index is -3.44. The van der Waals surface area contributed by atoms with Crippen LogP contribution in [0.1, 0.15) is 32.5 Å². The summed E-state index contributed by atoms with van der Waals surface area (Å²) in [6.07, 6.45) is 5.27. The minimum Gasteiger partial charge on any atom is -0.347 e. The molecule has 1 unspecified atom stereocenters. The third-order valence-electron chi connectivity index (χ3n) is 3.61. The Morgan fingerprint density at radius 1 is 1.52 bits per heavy atom. The first-order valence-electron chi connectivity index (χ1n) is 7.44. The maximum absolute atomic E-state index is 12.3. The van der Waals surface area contributed by atoms with Gasteiger partial charge in [0.15, 0.2) is 0 Å². The van der Waals surface area contributed by atoms with Gasteiger partial charge in [-0.1, -0.05) is 13.8 Å². The van der Waals surface area contributed by atoms with E-state index in [4.69, 9.17) is 0 Å². The fraction of sp³-hybridized carbons (Fsp3) is 0.769. The Bertz CT molecular complexity index is 515. The van der Waals surface area contributed by atoms with Crippen LogP contribution < -0.4 is 10.0 Å². The standard InChI is InChI=1S/C13H25N5O2S/c1-11(2)16-8-12-4-3-7-18(10-12)21(19,20)17-9-13-14-5-6-15-13/h5-6,11-12,16-17H,3-4,7-10H2,1-2H3,(H,14,15). The molecule has 21 heavy (non-hydrogen) atoms. The van der Waals surface area contributed by atoms with Crippen molar-refractivity contribution in [2.75, 3.05) is 19.6 Å². The topological polar surface area (TPSA) is 90.1 Å². The molecule has 1 aliphatic heterocycles. The highest BCUT2D eigenvalue weighted by atomic mass is 32.2. The molecule has 7 nitrogen and oxygen atoms in total. The first kappa shape index (κ1) is 16.4. The highest BCUT2D eigenvalue weighted by Crippen LogP contribution is 2.18. The van der Waals surface area contributed by atoms with E-state index in [0.29, 0.717) is 30.9 Å². The summed E-state index contributed by atoms with van der Waals surface area (Å²) in [4.78, 5) is 6.90. The van der Waals surface area contributed by atoms with Crippen molar-refractivity contribution in [1.29, 1.82) is 0 Å².